The van der Waals surface area contributed by atoms with Gasteiger partial charge in [0.1, 0.15) is 0 Å². The molecule has 0 fully saturated rings. The summed E-state index contributed by atoms with van der Waals surface area (Å²) in [5, 5.41) is 15.8. The summed E-state index contributed by atoms with van der Waals surface area (Å²) in [4.78, 5) is 0. The SMILES string of the molecule is CC(C)O.NCCO.[CH2-]CN.[CH2-]CN.[O]=[Ti+2]. The third-order valence-electron chi connectivity index (χ3n) is 0.129. The molecule has 0 aromatic carbocycles. The van der Waals surface area contributed by atoms with E-state index in [-0.39, 0.29) is 12.7 Å². The molecule has 0 aromatic rings. The first kappa shape index (κ1) is 29.9. The molecule has 0 aliphatic carbocycles. The zero-order valence-corrected chi connectivity index (χ0v) is 11.9. The molecule has 0 rings (SSSR count). The van der Waals surface area contributed by atoms with Crippen LogP contribution >= 0.6 is 0 Å². The first-order valence-corrected chi connectivity index (χ1v) is 5.30. The normalized spacial score (nSPS) is 6.75. The van der Waals surface area contributed by atoms with Gasteiger partial charge in [-0.25, -0.2) is 0 Å². The van der Waals surface area contributed by atoms with Crippen LogP contribution in [0.5, 0.6) is 0 Å². The molecule has 0 saturated heterocycles. The predicted molar refractivity (Wildman–Crippen MR) is 63.0 cm³/mol. The van der Waals surface area contributed by atoms with Crippen molar-refractivity contribution >= 4 is 0 Å². The molecule has 16 heavy (non-hydrogen) atoms. The van der Waals surface area contributed by atoms with E-state index in [4.69, 9.17) is 30.7 Å². The van der Waals surface area contributed by atoms with Crippen molar-refractivity contribution in [3.63, 3.8) is 0 Å². The molecule has 7 heteroatoms. The monoisotopic (exact) mass is 273 g/mol. The first-order chi connectivity index (χ1) is 7.47. The van der Waals surface area contributed by atoms with Crippen molar-refractivity contribution in [2.75, 3.05) is 26.2 Å². The Morgan fingerprint density at radius 2 is 1.19 bits per heavy atom. The van der Waals surface area contributed by atoms with E-state index in [9.17, 15) is 0 Å². The Hall–Kier alpha value is 0.314. The molecule has 0 amide bonds. The van der Waals surface area contributed by atoms with Crippen molar-refractivity contribution in [2.45, 2.75) is 20.0 Å². The van der Waals surface area contributed by atoms with E-state index in [0.717, 1.165) is 20.4 Å². The van der Waals surface area contributed by atoms with E-state index < -0.39 is 0 Å². The maximum atomic E-state index is 8.25. The van der Waals surface area contributed by atoms with E-state index in [0.29, 0.717) is 19.6 Å². The summed E-state index contributed by atoms with van der Waals surface area (Å²) in [5.74, 6) is 0. The van der Waals surface area contributed by atoms with Gasteiger partial charge in [-0.1, -0.05) is 0 Å². The zero-order chi connectivity index (χ0) is 14.4. The molecule has 0 aromatic heterocycles. The minimum absolute atomic E-state index is 0.0972. The molecule has 6 nitrogen and oxygen atoms in total. The van der Waals surface area contributed by atoms with Gasteiger partial charge in [0.05, 0.1) is 6.61 Å². The molecule has 0 atom stereocenters. The van der Waals surface area contributed by atoms with E-state index in [1.807, 2.05) is 0 Å². The molecule has 0 saturated carbocycles. The Bertz CT molecular complexity index is 65.2. The van der Waals surface area contributed by atoms with Gasteiger partial charge in [-0.05, 0) is 13.8 Å². The quantitative estimate of drug-likeness (QED) is 0.299. The Morgan fingerprint density at radius 3 is 1.19 bits per heavy atom. The van der Waals surface area contributed by atoms with E-state index in [1.54, 1.807) is 13.8 Å². The summed E-state index contributed by atoms with van der Waals surface area (Å²) >= 11 is 0.750. The first-order valence-electron chi connectivity index (χ1n) is 4.66. The van der Waals surface area contributed by atoms with Gasteiger partial charge in [0.2, 0.25) is 0 Å². The van der Waals surface area contributed by atoms with Crippen LogP contribution in [0.2, 0.25) is 0 Å². The van der Waals surface area contributed by atoms with Gasteiger partial charge >= 0.3 is 23.7 Å². The molecule has 0 aliphatic heterocycles. The van der Waals surface area contributed by atoms with Crippen LogP contribution < -0.4 is 17.2 Å². The van der Waals surface area contributed by atoms with E-state index >= 15 is 0 Å². The summed E-state index contributed by atoms with van der Waals surface area (Å²) in [5.41, 5.74) is 14.2. The molecule has 0 unspecified atom stereocenters. The fourth-order valence-electron chi connectivity index (χ4n) is 0. The molecular formula is C9H27N3O3Ti. The van der Waals surface area contributed by atoms with E-state index in [1.165, 1.54) is 0 Å². The fraction of sp³-hybridized carbons (Fsp3) is 0.778. The maximum absolute atomic E-state index is 8.25. The predicted octanol–water partition coefficient (Wildman–Crippen LogP) is -1.24. The number of aliphatic hydroxyl groups is 2. The summed E-state index contributed by atoms with van der Waals surface area (Å²) < 4.78 is 8.25. The Kier molecular flexibility index (Phi) is 110. The van der Waals surface area contributed by atoms with Crippen LogP contribution in [-0.4, -0.2) is 42.6 Å². The topological polar surface area (TPSA) is 136 Å². The van der Waals surface area contributed by atoms with Crippen molar-refractivity contribution in [1.29, 1.82) is 0 Å². The van der Waals surface area contributed by atoms with Gasteiger partial charge in [-0.3, -0.25) is 0 Å². The number of hydrogen-bond acceptors (Lipinski definition) is 6. The minimum atomic E-state index is -0.167. The summed E-state index contributed by atoms with van der Waals surface area (Å²) in [6.45, 7) is 11.4. The van der Waals surface area contributed by atoms with Gasteiger partial charge in [0, 0.05) is 12.6 Å². The Labute approximate surface area is 111 Å². The fourth-order valence-corrected chi connectivity index (χ4v) is 0. The molecule has 0 aliphatic rings. The van der Waals surface area contributed by atoms with Crippen LogP contribution in [0.1, 0.15) is 13.8 Å². The molecule has 0 spiro atoms. The van der Waals surface area contributed by atoms with Gasteiger partial charge in [-0.2, -0.15) is 0 Å². The molecule has 0 bridgehead atoms. The number of nitrogens with two attached hydrogens (primary N) is 3. The van der Waals surface area contributed by atoms with Crippen molar-refractivity contribution < 1.29 is 33.9 Å². The summed E-state index contributed by atoms with van der Waals surface area (Å²) in [6.07, 6.45) is -0.167. The van der Waals surface area contributed by atoms with Crippen LogP contribution in [-0.2, 0) is 23.7 Å². The zero-order valence-electron chi connectivity index (χ0n) is 10.4. The standard InChI is InChI=1S/C3H8O.C2H7NO.2C2H6N.O.Ti/c1-3(2)4;3-1-2-4;2*1-2-3;;/h3-4H,1-2H3;4H,1-3H2;2*1-3H2;;/q;;2*-1;;+2. The molecule has 100 valence electrons. The van der Waals surface area contributed by atoms with Gasteiger partial charge in [0.15, 0.2) is 0 Å². The van der Waals surface area contributed by atoms with Crippen LogP contribution in [0.25, 0.3) is 0 Å². The van der Waals surface area contributed by atoms with Crippen LogP contribution in [0.3, 0.4) is 0 Å². The van der Waals surface area contributed by atoms with Crippen molar-refractivity contribution in [3.05, 3.63) is 13.8 Å². The average Bonchev–Trinajstić information content (AvgIpc) is 2.22. The van der Waals surface area contributed by atoms with Crippen LogP contribution in [0, 0.1) is 13.8 Å². The Balaban J connectivity index is -0.0000000322. The van der Waals surface area contributed by atoms with Crippen LogP contribution in [0.4, 0.5) is 0 Å². The second kappa shape index (κ2) is 58.7. The van der Waals surface area contributed by atoms with Gasteiger partial charge in [-0.15, -0.1) is 13.1 Å². The molecular weight excluding hydrogens is 246 g/mol. The molecule has 8 N–H and O–H groups in total. The summed E-state index contributed by atoms with van der Waals surface area (Å²) in [6, 6.07) is 0. The van der Waals surface area contributed by atoms with Crippen molar-refractivity contribution in [3.8, 4) is 0 Å². The Morgan fingerprint density at radius 1 is 1.12 bits per heavy atom. The summed E-state index contributed by atoms with van der Waals surface area (Å²) in [7, 11) is 0. The number of aliphatic hydroxyl groups excluding tert-OH is 2. The third kappa shape index (κ3) is 1470. The van der Waals surface area contributed by atoms with Crippen LogP contribution in [0.15, 0.2) is 0 Å². The second-order valence-corrected chi connectivity index (χ2v) is 2.18. The third-order valence-corrected chi connectivity index (χ3v) is 0.129. The van der Waals surface area contributed by atoms with Crippen molar-refractivity contribution in [2.24, 2.45) is 17.2 Å². The average molecular weight is 273 g/mol. The molecule has 0 heterocycles. The number of hydrogen-bond donors (Lipinski definition) is 5. The number of rotatable bonds is 1. The molecule has 0 radical (unpaired) electrons. The van der Waals surface area contributed by atoms with Gasteiger partial charge in [0.25, 0.3) is 0 Å². The second-order valence-electron chi connectivity index (χ2n) is 2.18. The van der Waals surface area contributed by atoms with Gasteiger partial charge < -0.3 is 41.3 Å². The van der Waals surface area contributed by atoms with Crippen molar-refractivity contribution in [1.82, 2.24) is 0 Å². The van der Waals surface area contributed by atoms with E-state index in [2.05, 4.69) is 13.8 Å².